The summed E-state index contributed by atoms with van der Waals surface area (Å²) in [6, 6.07) is 10.3. The molecule has 0 saturated heterocycles. The molecule has 0 bridgehead atoms. The Morgan fingerprint density at radius 2 is 1.95 bits per heavy atom. The maximum atomic E-state index is 6.32. The zero-order chi connectivity index (χ0) is 15.5. The Hall–Kier alpha value is -1.34. The summed E-state index contributed by atoms with van der Waals surface area (Å²) in [5.41, 5.74) is 2.20. The second-order valence-corrected chi connectivity index (χ2v) is 6.29. The van der Waals surface area contributed by atoms with E-state index in [4.69, 9.17) is 14.2 Å². The molecular weight excluding hydrogens is 392 g/mol. The molecule has 0 amide bonds. The molecule has 22 heavy (non-hydrogen) atoms. The van der Waals surface area contributed by atoms with Crippen molar-refractivity contribution >= 4 is 25.4 Å². The molecular formula is C18H18O3Te. The van der Waals surface area contributed by atoms with Gasteiger partial charge < -0.3 is 0 Å². The van der Waals surface area contributed by atoms with Gasteiger partial charge >= 0.3 is 144 Å². The number of benzene rings is 1. The Kier molecular flexibility index (Phi) is 4.83. The Bertz CT molecular complexity index is 658. The molecule has 4 heteroatoms. The zero-order valence-electron chi connectivity index (χ0n) is 12.6. The molecule has 2 unspecified atom stereocenters. The van der Waals surface area contributed by atoms with E-state index in [1.807, 2.05) is 65.2 Å². The summed E-state index contributed by atoms with van der Waals surface area (Å²) in [7, 11) is 1.67. The molecule has 3 rings (SSSR count). The molecule has 0 spiro atoms. The van der Waals surface area contributed by atoms with Crippen molar-refractivity contribution in [3.63, 3.8) is 0 Å². The van der Waals surface area contributed by atoms with E-state index in [1.165, 1.54) is 0 Å². The molecule has 1 aliphatic carbocycles. The summed E-state index contributed by atoms with van der Waals surface area (Å²) in [5.74, 6) is 1.76. The molecule has 1 heterocycles. The average molecular weight is 410 g/mol. The van der Waals surface area contributed by atoms with Crippen molar-refractivity contribution in [1.82, 2.24) is 0 Å². The van der Waals surface area contributed by atoms with Crippen LogP contribution < -0.4 is 0 Å². The van der Waals surface area contributed by atoms with Crippen molar-refractivity contribution in [3.05, 3.63) is 71.2 Å². The number of fused-ring (bicyclic) bond motifs is 1. The van der Waals surface area contributed by atoms with Gasteiger partial charge in [0.25, 0.3) is 0 Å². The van der Waals surface area contributed by atoms with Crippen molar-refractivity contribution in [2.75, 3.05) is 13.7 Å². The third-order valence-electron chi connectivity index (χ3n) is 3.68. The van der Waals surface area contributed by atoms with E-state index in [2.05, 4.69) is 12.1 Å². The normalized spacial score (nSPS) is 23.9. The van der Waals surface area contributed by atoms with Crippen LogP contribution in [0.4, 0.5) is 0 Å². The van der Waals surface area contributed by atoms with E-state index in [-0.39, 0.29) is 12.2 Å². The third kappa shape index (κ3) is 2.92. The van der Waals surface area contributed by atoms with Gasteiger partial charge in [0.05, 0.1) is 0 Å². The van der Waals surface area contributed by atoms with Crippen LogP contribution in [0.2, 0.25) is 0 Å². The van der Waals surface area contributed by atoms with Crippen LogP contribution in [0, 0.1) is 0 Å². The van der Waals surface area contributed by atoms with Gasteiger partial charge in [-0.15, -0.1) is 0 Å². The molecule has 1 aromatic carbocycles. The molecule has 0 aromatic heterocycles. The van der Waals surface area contributed by atoms with Crippen molar-refractivity contribution < 1.29 is 14.2 Å². The molecule has 0 radical (unpaired) electrons. The fraction of sp³-hybridized carbons (Fsp3) is 0.278. The van der Waals surface area contributed by atoms with Crippen molar-refractivity contribution in [3.8, 4) is 0 Å². The topological polar surface area (TPSA) is 27.7 Å². The number of ether oxygens (including phenoxy) is 3. The molecule has 0 fully saturated rings. The summed E-state index contributed by atoms with van der Waals surface area (Å²) in [4.78, 5) is 0. The first-order valence-corrected chi connectivity index (χ1v) is 8.46. The van der Waals surface area contributed by atoms with Crippen LogP contribution >= 0.6 is 0 Å². The SMILES string of the molecule is CCOC1=C2C=CC(OC)=CC2OC(c2ccccc2)C1=[Te]. The molecule has 1 aliphatic heterocycles. The van der Waals surface area contributed by atoms with Gasteiger partial charge in [0.1, 0.15) is 0 Å². The minimum atomic E-state index is -0.142. The number of rotatable bonds is 4. The van der Waals surface area contributed by atoms with E-state index in [0.29, 0.717) is 6.61 Å². The second kappa shape index (κ2) is 6.83. The van der Waals surface area contributed by atoms with Crippen LogP contribution in [0.1, 0.15) is 18.6 Å². The van der Waals surface area contributed by atoms with Gasteiger partial charge in [-0.25, -0.2) is 0 Å². The van der Waals surface area contributed by atoms with Crippen molar-refractivity contribution in [1.29, 1.82) is 0 Å². The van der Waals surface area contributed by atoms with Gasteiger partial charge in [-0.3, -0.25) is 0 Å². The Morgan fingerprint density at radius 3 is 2.64 bits per heavy atom. The molecule has 114 valence electrons. The third-order valence-corrected chi connectivity index (χ3v) is 4.82. The molecule has 0 N–H and O–H groups in total. The molecule has 1 aromatic rings. The fourth-order valence-electron chi connectivity index (χ4n) is 2.64. The summed E-state index contributed by atoms with van der Waals surface area (Å²) in [6.07, 6.45) is 5.74. The van der Waals surface area contributed by atoms with E-state index < -0.39 is 0 Å². The number of methoxy groups -OCH3 is 1. The number of hydrogen-bond donors (Lipinski definition) is 0. The van der Waals surface area contributed by atoms with E-state index >= 15 is 0 Å². The molecule has 2 atom stereocenters. The van der Waals surface area contributed by atoms with Gasteiger partial charge in [0.2, 0.25) is 0 Å². The first-order valence-electron chi connectivity index (χ1n) is 7.30. The average Bonchev–Trinajstić information content (AvgIpc) is 2.57. The minimum absolute atomic E-state index is 0.0952. The van der Waals surface area contributed by atoms with E-state index in [0.717, 1.165) is 26.2 Å². The van der Waals surface area contributed by atoms with Crippen LogP contribution in [0.15, 0.2) is 65.7 Å². The van der Waals surface area contributed by atoms with E-state index in [9.17, 15) is 0 Å². The predicted molar refractivity (Wildman–Crippen MR) is 87.7 cm³/mol. The molecule has 3 nitrogen and oxygen atoms in total. The van der Waals surface area contributed by atoms with Gasteiger partial charge in [-0.1, -0.05) is 0 Å². The molecule has 0 saturated carbocycles. The first-order chi connectivity index (χ1) is 10.7. The maximum absolute atomic E-state index is 6.32. The summed E-state index contributed by atoms with van der Waals surface area (Å²) in [6.45, 7) is 2.65. The monoisotopic (exact) mass is 412 g/mol. The predicted octanol–water partition coefficient (Wildman–Crippen LogP) is 2.86. The van der Waals surface area contributed by atoms with Crippen molar-refractivity contribution in [2.24, 2.45) is 0 Å². The summed E-state index contributed by atoms with van der Waals surface area (Å²) >= 11 is 1.99. The van der Waals surface area contributed by atoms with Crippen LogP contribution in [-0.2, 0) is 14.2 Å². The quantitative estimate of drug-likeness (QED) is 0.716. The van der Waals surface area contributed by atoms with Crippen LogP contribution in [0.5, 0.6) is 0 Å². The van der Waals surface area contributed by atoms with Gasteiger partial charge in [-0.05, 0) is 0 Å². The number of hydrogen-bond acceptors (Lipinski definition) is 3. The molecule has 2 aliphatic rings. The first kappa shape index (κ1) is 15.6. The second-order valence-electron chi connectivity index (χ2n) is 5.04. The summed E-state index contributed by atoms with van der Waals surface area (Å²) in [5, 5.41) is 0. The Balaban J connectivity index is 2.02. The van der Waals surface area contributed by atoms with Crippen LogP contribution in [0.3, 0.4) is 0 Å². The van der Waals surface area contributed by atoms with Crippen LogP contribution in [0.25, 0.3) is 0 Å². The fourth-order valence-corrected chi connectivity index (χ4v) is 3.69. The van der Waals surface area contributed by atoms with Gasteiger partial charge in [0, 0.05) is 0 Å². The van der Waals surface area contributed by atoms with Crippen LogP contribution in [-0.4, -0.2) is 45.2 Å². The van der Waals surface area contributed by atoms with Crippen molar-refractivity contribution in [2.45, 2.75) is 19.1 Å². The number of allylic oxidation sites excluding steroid dienone is 1. The Morgan fingerprint density at radius 1 is 1.18 bits per heavy atom. The van der Waals surface area contributed by atoms with Gasteiger partial charge in [-0.2, -0.15) is 0 Å². The standard InChI is InChI=1S/C18H18O3Te/c1-3-20-17-14-10-9-13(19-2)11-15(14)21-16(18(17)22)12-7-5-4-6-8-12/h4-11,15-16H,3H2,1-2H3. The Labute approximate surface area is 143 Å². The van der Waals surface area contributed by atoms with Gasteiger partial charge in [0.15, 0.2) is 0 Å². The zero-order valence-corrected chi connectivity index (χ0v) is 14.9. The van der Waals surface area contributed by atoms with E-state index in [1.54, 1.807) is 7.11 Å². The summed E-state index contributed by atoms with van der Waals surface area (Å²) < 4.78 is 18.7.